The summed E-state index contributed by atoms with van der Waals surface area (Å²) in [4.78, 5) is 2.20. The van der Waals surface area contributed by atoms with Crippen molar-refractivity contribution >= 4 is 21.6 Å². The van der Waals surface area contributed by atoms with Gasteiger partial charge in [0.15, 0.2) is 0 Å². The smallest absolute Gasteiger partial charge is 0.235 e. The molecule has 2 aromatic rings. The van der Waals surface area contributed by atoms with E-state index in [1.165, 1.54) is 0 Å². The van der Waals surface area contributed by atoms with Gasteiger partial charge in [-0.3, -0.25) is 0 Å². The fraction of sp³-hybridized carbons (Fsp3) is 0.385. The Morgan fingerprint density at radius 3 is 3.00 bits per heavy atom. The van der Waals surface area contributed by atoms with E-state index >= 15 is 0 Å². The predicted octanol–water partition coefficient (Wildman–Crippen LogP) is 2.93. The largest absolute Gasteiger partial charge is 0.487 e. The summed E-state index contributed by atoms with van der Waals surface area (Å²) in [6.45, 7) is 5.24. The minimum Gasteiger partial charge on any atom is -0.487 e. The third-order valence-electron chi connectivity index (χ3n) is 2.96. The van der Waals surface area contributed by atoms with Crippen molar-refractivity contribution in [2.45, 2.75) is 26.5 Å². The molecule has 1 aliphatic heterocycles. The first-order valence-electron chi connectivity index (χ1n) is 6.12. The summed E-state index contributed by atoms with van der Waals surface area (Å²) in [5.74, 6) is 2.10. The van der Waals surface area contributed by atoms with Gasteiger partial charge in [0.1, 0.15) is 11.9 Å². The Balaban J connectivity index is 1.91. The summed E-state index contributed by atoms with van der Waals surface area (Å²) in [5, 5.41) is 7.91. The molecule has 1 aromatic carbocycles. The lowest BCUT2D eigenvalue weighted by molar-refractivity contribution is 0.210. The number of hydrogen-bond donors (Lipinski definition) is 0. The molecule has 100 valence electrons. The van der Waals surface area contributed by atoms with E-state index < -0.39 is 0 Å². The first-order chi connectivity index (χ1) is 9.11. The van der Waals surface area contributed by atoms with Gasteiger partial charge in [0, 0.05) is 11.4 Å². The summed E-state index contributed by atoms with van der Waals surface area (Å²) < 4.78 is 12.3. The summed E-state index contributed by atoms with van der Waals surface area (Å²) >= 11 is 3.49. The molecular weight excluding hydrogens is 310 g/mol. The number of benzene rings is 1. The second kappa shape index (κ2) is 4.85. The molecular formula is C13H14BrN3O2. The maximum atomic E-state index is 5.83. The van der Waals surface area contributed by atoms with Crippen LogP contribution in [0.15, 0.2) is 27.1 Å². The lowest BCUT2D eigenvalue weighted by atomic mass is 10.2. The molecule has 5 nitrogen and oxygen atoms in total. The zero-order chi connectivity index (χ0) is 13.4. The van der Waals surface area contributed by atoms with Gasteiger partial charge >= 0.3 is 0 Å². The lowest BCUT2D eigenvalue weighted by Gasteiger charge is -2.34. The first kappa shape index (κ1) is 12.5. The van der Waals surface area contributed by atoms with Crippen LogP contribution in [0.1, 0.15) is 18.7 Å². The van der Waals surface area contributed by atoms with Crippen LogP contribution < -0.4 is 9.64 Å². The van der Waals surface area contributed by atoms with Crippen LogP contribution in [-0.4, -0.2) is 22.8 Å². The Morgan fingerprint density at radius 2 is 2.26 bits per heavy atom. The van der Waals surface area contributed by atoms with E-state index in [1.807, 2.05) is 18.2 Å². The molecule has 0 N–H and O–H groups in total. The predicted molar refractivity (Wildman–Crippen MR) is 74.3 cm³/mol. The van der Waals surface area contributed by atoms with Crippen LogP contribution in [0.2, 0.25) is 0 Å². The third kappa shape index (κ3) is 2.58. The molecule has 0 radical (unpaired) electrons. The molecule has 1 aromatic heterocycles. The third-order valence-corrected chi connectivity index (χ3v) is 3.45. The second-order valence-corrected chi connectivity index (χ2v) is 5.55. The van der Waals surface area contributed by atoms with Gasteiger partial charge in [0.25, 0.3) is 0 Å². The second-order valence-electron chi connectivity index (χ2n) is 4.64. The van der Waals surface area contributed by atoms with Gasteiger partial charge in [-0.15, -0.1) is 10.2 Å². The van der Waals surface area contributed by atoms with E-state index in [0.717, 1.165) is 22.5 Å². The number of aryl methyl sites for hydroxylation is 1. The van der Waals surface area contributed by atoms with Crippen molar-refractivity contribution < 1.29 is 9.15 Å². The highest BCUT2D eigenvalue weighted by atomic mass is 79.9. The number of anilines is 1. The summed E-state index contributed by atoms with van der Waals surface area (Å²) in [6, 6.07) is 6.00. The molecule has 0 spiro atoms. The average molecular weight is 324 g/mol. The van der Waals surface area contributed by atoms with Gasteiger partial charge in [0.05, 0.1) is 18.8 Å². The lowest BCUT2D eigenvalue weighted by Crippen LogP contribution is -2.38. The Labute approximate surface area is 119 Å². The van der Waals surface area contributed by atoms with Crippen LogP contribution in [0.4, 0.5) is 5.69 Å². The molecule has 3 rings (SSSR count). The average Bonchev–Trinajstić information content (AvgIpc) is 2.76. The van der Waals surface area contributed by atoms with Gasteiger partial charge in [-0.05, 0) is 25.1 Å². The standard InChI is InChI=1S/C13H14BrN3O2/c1-8-6-17(7-13-16-15-9(2)19-13)11-5-10(14)3-4-12(11)18-8/h3-5,8H,6-7H2,1-2H3/t8-/m1/s1. The number of nitrogens with zero attached hydrogens (tertiary/aromatic N) is 3. The Hall–Kier alpha value is -1.56. The molecule has 2 heterocycles. The van der Waals surface area contributed by atoms with Crippen molar-refractivity contribution in [3.8, 4) is 5.75 Å². The monoisotopic (exact) mass is 323 g/mol. The highest BCUT2D eigenvalue weighted by Gasteiger charge is 2.24. The maximum absolute atomic E-state index is 5.83. The number of fused-ring (bicyclic) bond motifs is 1. The highest BCUT2D eigenvalue weighted by Crippen LogP contribution is 2.36. The fourth-order valence-electron chi connectivity index (χ4n) is 2.21. The van der Waals surface area contributed by atoms with Gasteiger partial charge in [-0.2, -0.15) is 0 Å². The zero-order valence-electron chi connectivity index (χ0n) is 10.8. The highest BCUT2D eigenvalue weighted by molar-refractivity contribution is 9.10. The van der Waals surface area contributed by atoms with E-state index in [-0.39, 0.29) is 6.10 Å². The van der Waals surface area contributed by atoms with Gasteiger partial charge in [-0.25, -0.2) is 0 Å². The Bertz CT molecular complexity index is 599. The van der Waals surface area contributed by atoms with Crippen molar-refractivity contribution in [2.24, 2.45) is 0 Å². The van der Waals surface area contributed by atoms with Crippen molar-refractivity contribution in [3.05, 3.63) is 34.5 Å². The van der Waals surface area contributed by atoms with Crippen LogP contribution in [0.5, 0.6) is 5.75 Å². The summed E-state index contributed by atoms with van der Waals surface area (Å²) in [7, 11) is 0. The molecule has 0 fully saturated rings. The van der Waals surface area contributed by atoms with Crippen LogP contribution in [0.3, 0.4) is 0 Å². The molecule has 19 heavy (non-hydrogen) atoms. The minimum atomic E-state index is 0.137. The van der Waals surface area contributed by atoms with E-state index in [9.17, 15) is 0 Å². The minimum absolute atomic E-state index is 0.137. The fourth-order valence-corrected chi connectivity index (χ4v) is 2.56. The normalized spacial score (nSPS) is 18.1. The molecule has 0 amide bonds. The van der Waals surface area contributed by atoms with Gasteiger partial charge < -0.3 is 14.1 Å². The van der Waals surface area contributed by atoms with E-state index in [2.05, 4.69) is 38.0 Å². The Kier molecular flexibility index (Phi) is 3.18. The maximum Gasteiger partial charge on any atom is 0.235 e. The van der Waals surface area contributed by atoms with E-state index in [4.69, 9.17) is 9.15 Å². The number of halogens is 1. The van der Waals surface area contributed by atoms with Gasteiger partial charge in [-0.1, -0.05) is 15.9 Å². The summed E-state index contributed by atoms with van der Waals surface area (Å²) in [6.07, 6.45) is 0.137. The SMILES string of the molecule is Cc1nnc(CN2C[C@@H](C)Oc3ccc(Br)cc32)o1. The molecule has 0 saturated carbocycles. The molecule has 0 aliphatic carbocycles. The molecule has 0 unspecified atom stereocenters. The summed E-state index contributed by atoms with van der Waals surface area (Å²) in [5.41, 5.74) is 1.04. The molecule has 1 atom stereocenters. The zero-order valence-corrected chi connectivity index (χ0v) is 12.3. The molecule has 0 saturated heterocycles. The van der Waals surface area contributed by atoms with Crippen LogP contribution in [0.25, 0.3) is 0 Å². The van der Waals surface area contributed by atoms with E-state index in [0.29, 0.717) is 18.3 Å². The van der Waals surface area contributed by atoms with Crippen molar-refractivity contribution in [2.75, 3.05) is 11.4 Å². The number of rotatable bonds is 2. The van der Waals surface area contributed by atoms with Crippen LogP contribution >= 0.6 is 15.9 Å². The molecule has 0 bridgehead atoms. The van der Waals surface area contributed by atoms with Crippen molar-refractivity contribution in [1.29, 1.82) is 0 Å². The quantitative estimate of drug-likeness (QED) is 0.850. The number of aromatic nitrogens is 2. The first-order valence-corrected chi connectivity index (χ1v) is 6.91. The number of ether oxygens (including phenoxy) is 1. The molecule has 6 heteroatoms. The van der Waals surface area contributed by atoms with E-state index in [1.54, 1.807) is 6.92 Å². The topological polar surface area (TPSA) is 51.4 Å². The Morgan fingerprint density at radius 1 is 1.42 bits per heavy atom. The van der Waals surface area contributed by atoms with Crippen molar-refractivity contribution in [1.82, 2.24) is 10.2 Å². The van der Waals surface area contributed by atoms with Gasteiger partial charge in [0.2, 0.25) is 11.8 Å². The molecule has 1 aliphatic rings. The number of hydrogen-bond acceptors (Lipinski definition) is 5. The van der Waals surface area contributed by atoms with Crippen LogP contribution in [0, 0.1) is 6.92 Å². The van der Waals surface area contributed by atoms with Crippen molar-refractivity contribution in [3.63, 3.8) is 0 Å². The van der Waals surface area contributed by atoms with Crippen LogP contribution in [-0.2, 0) is 6.54 Å².